The zero-order valence-corrected chi connectivity index (χ0v) is 25.5. The summed E-state index contributed by atoms with van der Waals surface area (Å²) in [5, 5.41) is 16.5. The van der Waals surface area contributed by atoms with Crippen molar-refractivity contribution < 1.29 is 48.2 Å². The van der Waals surface area contributed by atoms with Crippen molar-refractivity contribution in [3.05, 3.63) is 33.6 Å². The number of amides is 3. The second-order valence-electron chi connectivity index (χ2n) is 9.56. The summed E-state index contributed by atoms with van der Waals surface area (Å²) in [4.78, 5) is 86.6. The molecule has 0 aliphatic carbocycles. The molecule has 44 heavy (non-hydrogen) atoms. The summed E-state index contributed by atoms with van der Waals surface area (Å²) in [5.74, 6) is -4.67. The van der Waals surface area contributed by atoms with Crippen LogP contribution in [0, 0.1) is 0 Å². The first kappa shape index (κ1) is 31.3. The highest BCUT2D eigenvalue weighted by Crippen LogP contribution is 2.42. The Morgan fingerprint density at radius 1 is 1.07 bits per heavy atom. The van der Waals surface area contributed by atoms with E-state index in [-0.39, 0.29) is 57.2 Å². The first-order valence-electron chi connectivity index (χ1n) is 12.7. The Hall–Kier alpha value is -4.14. The molecule has 0 spiro atoms. The smallest absolute Gasteiger partial charge is 0.355 e. The maximum atomic E-state index is 13.5. The maximum absolute atomic E-state index is 13.5. The molecule has 0 bridgehead atoms. The molecular weight excluding hydrogens is 643 g/mol. The molecule has 3 amide bonds. The second-order valence-corrected chi connectivity index (χ2v) is 12.7. The standard InChI is InChI=1S/C24H25N7O10S3/c1-8(32)40-3-10-6-43-21-14(28-17(33)13(29-39-2)11-7-44-24(26)27-11)19(35)31(21)16(10)23(38)41-4-9-5-42-20-12(25)18(34)30(20)15(9)22(36)37/h7,12,14,20-21H,3-6,25H2,1-2H3,(H2,26,27)(H,28,33)(H,36,37)/b29-13-/t12?,14?,20-,21+/m0/s1. The molecule has 5 rings (SSSR count). The van der Waals surface area contributed by atoms with Crippen molar-refractivity contribution in [2.75, 3.05) is 37.6 Å². The van der Waals surface area contributed by atoms with Crippen LogP contribution in [0.3, 0.4) is 0 Å². The van der Waals surface area contributed by atoms with Crippen LogP contribution in [0.4, 0.5) is 5.13 Å². The van der Waals surface area contributed by atoms with Gasteiger partial charge in [0.1, 0.15) is 60.2 Å². The number of nitrogens with zero attached hydrogens (tertiary/aromatic N) is 4. The van der Waals surface area contributed by atoms with E-state index in [4.69, 9.17) is 25.8 Å². The third-order valence-corrected chi connectivity index (χ3v) is 10.2. The molecular formula is C24H25N7O10S3. The van der Waals surface area contributed by atoms with E-state index >= 15 is 0 Å². The van der Waals surface area contributed by atoms with Gasteiger partial charge in [-0.15, -0.1) is 34.9 Å². The first-order chi connectivity index (χ1) is 20.9. The van der Waals surface area contributed by atoms with Gasteiger partial charge in [-0.05, 0) is 0 Å². The predicted octanol–water partition coefficient (Wildman–Crippen LogP) is -1.58. The van der Waals surface area contributed by atoms with Gasteiger partial charge < -0.3 is 36.2 Å². The summed E-state index contributed by atoms with van der Waals surface area (Å²) in [6.07, 6.45) is 0. The summed E-state index contributed by atoms with van der Waals surface area (Å²) in [5.41, 5.74) is 11.3. The molecule has 2 unspecified atom stereocenters. The number of oxime groups is 1. The second kappa shape index (κ2) is 12.5. The highest BCUT2D eigenvalue weighted by atomic mass is 32.2. The zero-order chi connectivity index (χ0) is 31.9. The Morgan fingerprint density at radius 3 is 2.32 bits per heavy atom. The molecule has 4 aliphatic heterocycles. The molecule has 6 N–H and O–H groups in total. The number of nitrogens with one attached hydrogen (secondary N) is 1. The molecule has 0 saturated carbocycles. The zero-order valence-electron chi connectivity index (χ0n) is 23.0. The van der Waals surface area contributed by atoms with Gasteiger partial charge in [0.25, 0.3) is 11.8 Å². The predicted molar refractivity (Wildman–Crippen MR) is 155 cm³/mol. The quantitative estimate of drug-likeness (QED) is 0.0951. The van der Waals surface area contributed by atoms with Gasteiger partial charge in [0.15, 0.2) is 10.8 Å². The number of thiazole rings is 1. The molecule has 1 aromatic heterocycles. The van der Waals surface area contributed by atoms with Gasteiger partial charge in [0.05, 0.1) is 0 Å². The number of carboxylic acid groups (broad SMARTS) is 1. The van der Waals surface area contributed by atoms with E-state index in [1.807, 2.05) is 0 Å². The van der Waals surface area contributed by atoms with E-state index < -0.39 is 65.1 Å². The number of ether oxygens (including phenoxy) is 2. The third-order valence-electron chi connectivity index (χ3n) is 6.81. The van der Waals surface area contributed by atoms with Crippen molar-refractivity contribution >= 4 is 81.3 Å². The van der Waals surface area contributed by atoms with Crippen LogP contribution in [-0.2, 0) is 43.1 Å². The molecule has 5 heterocycles. The Labute approximate surface area is 261 Å². The van der Waals surface area contributed by atoms with Crippen molar-refractivity contribution in [3.63, 3.8) is 0 Å². The van der Waals surface area contributed by atoms with Crippen LogP contribution in [0.1, 0.15) is 12.6 Å². The van der Waals surface area contributed by atoms with Gasteiger partial charge in [-0.1, -0.05) is 5.16 Å². The van der Waals surface area contributed by atoms with Crippen LogP contribution >= 0.6 is 34.9 Å². The number of rotatable bonds is 10. The van der Waals surface area contributed by atoms with Crippen molar-refractivity contribution in [2.45, 2.75) is 29.8 Å². The Bertz CT molecular complexity index is 1560. The molecule has 2 fully saturated rings. The average molecular weight is 668 g/mol. The number of carbonyl (C=O) groups is 6. The summed E-state index contributed by atoms with van der Waals surface area (Å²) in [6.45, 7) is 0.387. The van der Waals surface area contributed by atoms with Crippen molar-refractivity contribution in [1.29, 1.82) is 0 Å². The highest BCUT2D eigenvalue weighted by Gasteiger charge is 2.55. The highest BCUT2D eigenvalue weighted by molar-refractivity contribution is 8.00. The van der Waals surface area contributed by atoms with Crippen LogP contribution in [0.2, 0.25) is 0 Å². The Kier molecular flexibility index (Phi) is 8.86. The number of esters is 2. The number of aliphatic carboxylic acids is 1. The lowest BCUT2D eigenvalue weighted by molar-refractivity contribution is -0.152. The lowest BCUT2D eigenvalue weighted by atomic mass is 10.0. The number of thioether (sulfide) groups is 2. The number of nitrogen functional groups attached to an aromatic ring is 1. The number of carboxylic acids is 1. The molecule has 1 aromatic rings. The minimum atomic E-state index is -1.38. The van der Waals surface area contributed by atoms with Crippen LogP contribution in [0.25, 0.3) is 0 Å². The minimum absolute atomic E-state index is 0.140. The van der Waals surface area contributed by atoms with Gasteiger partial charge in [-0.25, -0.2) is 14.6 Å². The van der Waals surface area contributed by atoms with Crippen molar-refractivity contribution in [2.24, 2.45) is 10.9 Å². The van der Waals surface area contributed by atoms with Crippen LogP contribution < -0.4 is 16.8 Å². The van der Waals surface area contributed by atoms with Crippen LogP contribution in [0.5, 0.6) is 0 Å². The third kappa shape index (κ3) is 5.60. The molecule has 0 radical (unpaired) electrons. The number of anilines is 1. The normalized spacial score (nSPS) is 24.6. The van der Waals surface area contributed by atoms with Gasteiger partial charge in [0.2, 0.25) is 5.91 Å². The van der Waals surface area contributed by atoms with E-state index in [0.717, 1.165) is 21.1 Å². The molecule has 20 heteroatoms. The fourth-order valence-corrected chi connectivity index (χ4v) is 7.93. The fourth-order valence-electron chi connectivity index (χ4n) is 4.79. The van der Waals surface area contributed by atoms with E-state index in [9.17, 15) is 33.9 Å². The van der Waals surface area contributed by atoms with Gasteiger partial charge in [-0.3, -0.25) is 29.0 Å². The number of β-lactam (4-membered cyclic amide) rings is 2. The summed E-state index contributed by atoms with van der Waals surface area (Å²) in [6, 6.07) is -1.90. The van der Waals surface area contributed by atoms with E-state index in [0.29, 0.717) is 0 Å². The molecule has 2 saturated heterocycles. The molecule has 4 atom stereocenters. The number of aromatic nitrogens is 1. The Morgan fingerprint density at radius 2 is 1.70 bits per heavy atom. The number of nitrogens with two attached hydrogens (primary N) is 2. The lowest BCUT2D eigenvalue weighted by Gasteiger charge is -2.49. The van der Waals surface area contributed by atoms with Crippen LogP contribution in [0.15, 0.2) is 33.1 Å². The first-order valence-corrected chi connectivity index (χ1v) is 15.7. The Balaban J connectivity index is 1.35. The SMILES string of the molecule is CO/N=C(\C(=O)NC1C(=O)N2C(C(=O)OCC3=C(C(=O)O)N4C(=O)C(N)[C@@H]4SC3)=C(COC(C)=O)CS[C@H]12)c1csc(N)n1. The largest absolute Gasteiger partial charge is 0.477 e. The molecule has 234 valence electrons. The fraction of sp³-hybridized carbons (Fsp3) is 0.417. The van der Waals surface area contributed by atoms with Gasteiger partial charge in [0, 0.05) is 35.0 Å². The molecule has 4 aliphatic rings. The number of carbonyl (C=O) groups excluding carboxylic acids is 5. The van der Waals surface area contributed by atoms with E-state index in [1.165, 1.54) is 42.9 Å². The number of fused-ring (bicyclic) bond motifs is 2. The number of hydrogen-bond acceptors (Lipinski definition) is 16. The lowest BCUT2D eigenvalue weighted by Crippen LogP contribution is -2.71. The summed E-state index contributed by atoms with van der Waals surface area (Å²) < 4.78 is 10.6. The maximum Gasteiger partial charge on any atom is 0.355 e. The van der Waals surface area contributed by atoms with E-state index in [2.05, 4.69) is 15.5 Å². The van der Waals surface area contributed by atoms with Crippen molar-refractivity contribution in [1.82, 2.24) is 20.1 Å². The topological polar surface area (TPSA) is 246 Å². The van der Waals surface area contributed by atoms with E-state index in [1.54, 1.807) is 0 Å². The number of hydrogen-bond donors (Lipinski definition) is 4. The summed E-state index contributed by atoms with van der Waals surface area (Å²) in [7, 11) is 1.24. The monoisotopic (exact) mass is 667 g/mol. The average Bonchev–Trinajstić information content (AvgIpc) is 3.43. The molecule has 0 aromatic carbocycles. The van der Waals surface area contributed by atoms with Crippen molar-refractivity contribution in [3.8, 4) is 0 Å². The minimum Gasteiger partial charge on any atom is -0.477 e. The summed E-state index contributed by atoms with van der Waals surface area (Å²) >= 11 is 3.53. The van der Waals surface area contributed by atoms with Gasteiger partial charge in [-0.2, -0.15) is 0 Å². The van der Waals surface area contributed by atoms with Crippen LogP contribution in [-0.4, -0.2) is 116 Å². The molecule has 17 nitrogen and oxygen atoms in total. The van der Waals surface area contributed by atoms with Gasteiger partial charge >= 0.3 is 17.9 Å².